The van der Waals surface area contributed by atoms with Crippen LogP contribution in [0, 0.1) is 0 Å². The van der Waals surface area contributed by atoms with Gasteiger partial charge < -0.3 is 5.73 Å². The topological polar surface area (TPSA) is 73.8 Å². The summed E-state index contributed by atoms with van der Waals surface area (Å²) in [5.41, 5.74) is 6.26. The lowest BCUT2D eigenvalue weighted by atomic mass is 10.2. The van der Waals surface area contributed by atoms with E-state index in [9.17, 15) is 4.79 Å². The quantitative estimate of drug-likeness (QED) is 0.652. The van der Waals surface area contributed by atoms with Gasteiger partial charge in [-0.05, 0) is 6.92 Å². The molecule has 2 aromatic rings. The minimum absolute atomic E-state index is 0.355. The summed E-state index contributed by atoms with van der Waals surface area (Å²) in [6.07, 6.45) is 1.77. The third-order valence-electron chi connectivity index (χ3n) is 2.74. The monoisotopic (exact) mass is 288 g/mol. The van der Waals surface area contributed by atoms with Crippen molar-refractivity contribution in [1.29, 1.82) is 0 Å². The lowest BCUT2D eigenvalue weighted by Gasteiger charge is -2.09. The van der Waals surface area contributed by atoms with Crippen LogP contribution in [0.4, 0.5) is 0 Å². The van der Waals surface area contributed by atoms with Crippen molar-refractivity contribution in [3.8, 4) is 11.4 Å². The highest BCUT2D eigenvalue weighted by molar-refractivity contribution is 8.00. The largest absolute Gasteiger partial charge is 0.369 e. The minimum atomic E-state index is -0.371. The van der Waals surface area contributed by atoms with Crippen LogP contribution in [-0.4, -0.2) is 25.9 Å². The molecule has 0 saturated carbocycles. The van der Waals surface area contributed by atoms with Crippen molar-refractivity contribution in [2.24, 2.45) is 5.73 Å². The van der Waals surface area contributed by atoms with E-state index in [0.29, 0.717) is 11.7 Å². The Balaban J connectivity index is 2.37. The van der Waals surface area contributed by atoms with E-state index in [1.165, 1.54) is 11.8 Å². The van der Waals surface area contributed by atoms with Gasteiger partial charge in [0.1, 0.15) is 0 Å². The van der Waals surface area contributed by atoms with Crippen molar-refractivity contribution in [2.75, 3.05) is 0 Å². The molecule has 0 aliphatic rings. The Bertz CT molecular complexity index is 609. The molecule has 1 aromatic heterocycles. The first-order valence-electron chi connectivity index (χ1n) is 6.19. The van der Waals surface area contributed by atoms with E-state index in [4.69, 9.17) is 5.73 Å². The fraction of sp³-hybridized carbons (Fsp3) is 0.214. The van der Waals surface area contributed by atoms with Gasteiger partial charge >= 0.3 is 0 Å². The van der Waals surface area contributed by atoms with Crippen LogP contribution in [0.15, 0.2) is 48.1 Å². The molecule has 0 aliphatic heterocycles. The highest BCUT2D eigenvalue weighted by atomic mass is 32.2. The average Bonchev–Trinajstić information content (AvgIpc) is 2.83. The van der Waals surface area contributed by atoms with Gasteiger partial charge in [0.25, 0.3) is 0 Å². The van der Waals surface area contributed by atoms with Gasteiger partial charge in [0.15, 0.2) is 11.0 Å². The van der Waals surface area contributed by atoms with Crippen LogP contribution in [0.3, 0.4) is 0 Å². The highest BCUT2D eigenvalue weighted by Crippen LogP contribution is 2.26. The maximum Gasteiger partial charge on any atom is 0.230 e. The zero-order valence-corrected chi connectivity index (χ0v) is 12.0. The van der Waals surface area contributed by atoms with Crippen LogP contribution >= 0.6 is 11.8 Å². The normalized spacial score (nSPS) is 12.1. The second-order valence-electron chi connectivity index (χ2n) is 4.23. The molecule has 1 atom stereocenters. The molecule has 0 bridgehead atoms. The van der Waals surface area contributed by atoms with Gasteiger partial charge in [-0.25, -0.2) is 0 Å². The van der Waals surface area contributed by atoms with Crippen molar-refractivity contribution in [3.05, 3.63) is 43.0 Å². The molecule has 5 nitrogen and oxygen atoms in total. The fourth-order valence-corrected chi connectivity index (χ4v) is 2.50. The minimum Gasteiger partial charge on any atom is -0.369 e. The number of benzene rings is 1. The van der Waals surface area contributed by atoms with E-state index < -0.39 is 0 Å². The van der Waals surface area contributed by atoms with E-state index in [1.54, 1.807) is 13.0 Å². The molecule has 20 heavy (non-hydrogen) atoms. The Hall–Kier alpha value is -2.08. The summed E-state index contributed by atoms with van der Waals surface area (Å²) in [6, 6.07) is 9.77. The van der Waals surface area contributed by atoms with Crippen LogP contribution in [0.1, 0.15) is 6.92 Å². The number of rotatable bonds is 6. The van der Waals surface area contributed by atoms with Crippen molar-refractivity contribution in [3.63, 3.8) is 0 Å². The summed E-state index contributed by atoms with van der Waals surface area (Å²) in [4.78, 5) is 11.2. The van der Waals surface area contributed by atoms with Crippen molar-refractivity contribution in [2.45, 2.75) is 23.9 Å². The zero-order chi connectivity index (χ0) is 14.5. The van der Waals surface area contributed by atoms with Gasteiger partial charge in [-0.2, -0.15) is 0 Å². The first-order chi connectivity index (χ1) is 9.63. The number of carbonyl (C=O) groups is 1. The number of allylic oxidation sites excluding steroid dienone is 1. The third-order valence-corrected chi connectivity index (χ3v) is 3.84. The van der Waals surface area contributed by atoms with Crippen LogP contribution < -0.4 is 5.73 Å². The molecule has 0 unspecified atom stereocenters. The zero-order valence-electron chi connectivity index (χ0n) is 11.2. The molecule has 0 radical (unpaired) electrons. The summed E-state index contributed by atoms with van der Waals surface area (Å²) < 4.78 is 1.92. The van der Waals surface area contributed by atoms with Crippen molar-refractivity contribution in [1.82, 2.24) is 14.8 Å². The number of nitrogens with two attached hydrogens (primary N) is 1. The van der Waals surface area contributed by atoms with E-state index in [2.05, 4.69) is 16.8 Å². The summed E-state index contributed by atoms with van der Waals surface area (Å²) in [5.74, 6) is 0.383. The van der Waals surface area contributed by atoms with Gasteiger partial charge in [0, 0.05) is 12.1 Å². The number of amides is 1. The molecule has 1 aromatic carbocycles. The van der Waals surface area contributed by atoms with Gasteiger partial charge in [0.05, 0.1) is 5.25 Å². The van der Waals surface area contributed by atoms with Crippen LogP contribution in [0.5, 0.6) is 0 Å². The number of aromatic nitrogens is 3. The molecule has 104 valence electrons. The molecule has 1 amide bonds. The molecule has 0 fully saturated rings. The number of hydrogen-bond donors (Lipinski definition) is 1. The van der Waals surface area contributed by atoms with Gasteiger partial charge in [-0.3, -0.25) is 9.36 Å². The van der Waals surface area contributed by atoms with Gasteiger partial charge in [-0.15, -0.1) is 16.8 Å². The maximum atomic E-state index is 11.2. The number of thioether (sulfide) groups is 1. The summed E-state index contributed by atoms with van der Waals surface area (Å²) in [5, 5.41) is 8.67. The number of hydrogen-bond acceptors (Lipinski definition) is 4. The summed E-state index contributed by atoms with van der Waals surface area (Å²) in [7, 11) is 0. The van der Waals surface area contributed by atoms with E-state index in [-0.39, 0.29) is 11.2 Å². The average molecular weight is 288 g/mol. The number of primary amides is 1. The fourth-order valence-electron chi connectivity index (χ4n) is 1.69. The molecule has 2 rings (SSSR count). The molecular weight excluding hydrogens is 272 g/mol. The second-order valence-corrected chi connectivity index (χ2v) is 5.54. The first-order valence-corrected chi connectivity index (χ1v) is 7.07. The number of carbonyl (C=O) groups excluding carboxylic acids is 1. The third kappa shape index (κ3) is 3.08. The van der Waals surface area contributed by atoms with Crippen LogP contribution in [0.25, 0.3) is 11.4 Å². The first kappa shape index (κ1) is 14.3. The van der Waals surface area contributed by atoms with Crippen molar-refractivity contribution < 1.29 is 4.79 Å². The number of nitrogens with zero attached hydrogens (tertiary/aromatic N) is 3. The van der Waals surface area contributed by atoms with E-state index in [1.807, 2.05) is 34.9 Å². The molecule has 0 spiro atoms. The van der Waals surface area contributed by atoms with Crippen LogP contribution in [0.2, 0.25) is 0 Å². The van der Waals surface area contributed by atoms with Gasteiger partial charge in [-0.1, -0.05) is 48.2 Å². The summed E-state index contributed by atoms with van der Waals surface area (Å²) >= 11 is 1.30. The standard InChI is InChI=1S/C14H16N4OS/c1-3-9-18-13(11-7-5-4-6-8-11)16-17-14(18)20-10(2)12(15)19/h3-8,10H,1,9H2,2H3,(H2,15,19)/t10-/m0/s1. The van der Waals surface area contributed by atoms with Crippen molar-refractivity contribution >= 4 is 17.7 Å². The van der Waals surface area contributed by atoms with Crippen LogP contribution in [-0.2, 0) is 11.3 Å². The summed E-state index contributed by atoms with van der Waals surface area (Å²) in [6.45, 7) is 6.07. The lowest BCUT2D eigenvalue weighted by molar-refractivity contribution is -0.117. The Morgan fingerprint density at radius 1 is 1.45 bits per heavy atom. The molecule has 0 aliphatic carbocycles. The smallest absolute Gasteiger partial charge is 0.230 e. The Kier molecular flexibility index (Phi) is 4.57. The second kappa shape index (κ2) is 6.38. The Labute approximate surface area is 121 Å². The Morgan fingerprint density at radius 3 is 2.75 bits per heavy atom. The Morgan fingerprint density at radius 2 is 2.15 bits per heavy atom. The predicted octanol–water partition coefficient (Wildman–Crippen LogP) is 2.10. The molecular formula is C14H16N4OS. The SMILES string of the molecule is C=CCn1c(S[C@@H](C)C(N)=O)nnc1-c1ccccc1. The van der Waals surface area contributed by atoms with E-state index in [0.717, 1.165) is 11.4 Å². The predicted molar refractivity (Wildman–Crippen MR) is 80.2 cm³/mol. The molecule has 0 saturated heterocycles. The maximum absolute atomic E-state index is 11.2. The molecule has 2 N–H and O–H groups in total. The molecule has 1 heterocycles. The van der Waals surface area contributed by atoms with E-state index >= 15 is 0 Å². The van der Waals surface area contributed by atoms with Gasteiger partial charge in [0.2, 0.25) is 5.91 Å². The highest BCUT2D eigenvalue weighted by Gasteiger charge is 2.18. The lowest BCUT2D eigenvalue weighted by Crippen LogP contribution is -2.23. The molecule has 6 heteroatoms.